The molecule has 12 heavy (non-hydrogen) atoms. The molecule has 1 fully saturated rings. The zero-order valence-electron chi connectivity index (χ0n) is 8.13. The normalized spacial score (nSPS) is 40.8. The quantitative estimate of drug-likeness (QED) is 0.609. The number of hydrogen-bond donors (Lipinski definition) is 1. The van der Waals surface area contributed by atoms with Crippen molar-refractivity contribution in [2.75, 3.05) is 0 Å². The lowest BCUT2D eigenvalue weighted by atomic mass is 9.64. The van der Waals surface area contributed by atoms with Gasteiger partial charge in [0.1, 0.15) is 6.29 Å². The van der Waals surface area contributed by atoms with Crippen LogP contribution in [-0.2, 0) is 4.79 Å². The summed E-state index contributed by atoms with van der Waals surface area (Å²) >= 11 is 0. The molecule has 70 valence electrons. The van der Waals surface area contributed by atoms with Crippen molar-refractivity contribution in [2.45, 2.75) is 46.1 Å². The molecule has 0 saturated heterocycles. The smallest absolute Gasteiger partial charge is 0.128 e. The number of aliphatic hydroxyl groups is 1. The van der Waals surface area contributed by atoms with Gasteiger partial charge < -0.3 is 9.90 Å². The Labute approximate surface area is 74.0 Å². The third-order valence-electron chi connectivity index (χ3n) is 2.98. The van der Waals surface area contributed by atoms with Gasteiger partial charge in [-0.1, -0.05) is 20.8 Å². The minimum Gasteiger partial charge on any atom is -0.392 e. The first-order valence-corrected chi connectivity index (χ1v) is 4.54. The van der Waals surface area contributed by atoms with Gasteiger partial charge in [0.15, 0.2) is 0 Å². The SMILES string of the molecule is CC1(C)CCC(O)C(C)(C=O)C1. The molecule has 0 spiro atoms. The maximum atomic E-state index is 10.8. The van der Waals surface area contributed by atoms with E-state index in [-0.39, 0.29) is 5.41 Å². The second-order valence-corrected chi connectivity index (χ2v) is 5.02. The monoisotopic (exact) mass is 170 g/mol. The Hall–Kier alpha value is -0.370. The summed E-state index contributed by atoms with van der Waals surface area (Å²) in [6.45, 7) is 6.16. The second kappa shape index (κ2) is 2.84. The molecule has 2 heteroatoms. The average molecular weight is 170 g/mol. The van der Waals surface area contributed by atoms with Gasteiger partial charge in [-0.15, -0.1) is 0 Å². The largest absolute Gasteiger partial charge is 0.392 e. The van der Waals surface area contributed by atoms with Crippen LogP contribution in [0.25, 0.3) is 0 Å². The van der Waals surface area contributed by atoms with Crippen LogP contribution in [0.2, 0.25) is 0 Å². The fraction of sp³-hybridized carbons (Fsp3) is 0.900. The van der Waals surface area contributed by atoms with Crippen molar-refractivity contribution in [3.8, 4) is 0 Å². The number of carbonyl (C=O) groups excluding carboxylic acids is 1. The summed E-state index contributed by atoms with van der Waals surface area (Å²) in [5, 5.41) is 9.63. The molecule has 0 bridgehead atoms. The number of carbonyl (C=O) groups is 1. The van der Waals surface area contributed by atoms with Crippen LogP contribution in [0, 0.1) is 10.8 Å². The van der Waals surface area contributed by atoms with E-state index >= 15 is 0 Å². The van der Waals surface area contributed by atoms with Crippen LogP contribution in [0.5, 0.6) is 0 Å². The van der Waals surface area contributed by atoms with E-state index in [1.165, 1.54) is 0 Å². The molecular weight excluding hydrogens is 152 g/mol. The molecular formula is C10H18O2. The Morgan fingerprint density at radius 3 is 2.42 bits per heavy atom. The summed E-state index contributed by atoms with van der Waals surface area (Å²) in [5.74, 6) is 0. The minimum atomic E-state index is -0.512. The van der Waals surface area contributed by atoms with Gasteiger partial charge in [-0.2, -0.15) is 0 Å². The first-order valence-electron chi connectivity index (χ1n) is 4.54. The molecule has 0 radical (unpaired) electrons. The van der Waals surface area contributed by atoms with Crippen LogP contribution in [0.4, 0.5) is 0 Å². The molecule has 1 aliphatic carbocycles. The maximum Gasteiger partial charge on any atom is 0.128 e. The third kappa shape index (κ3) is 1.69. The second-order valence-electron chi connectivity index (χ2n) is 5.02. The van der Waals surface area contributed by atoms with Crippen molar-refractivity contribution in [3.63, 3.8) is 0 Å². The van der Waals surface area contributed by atoms with Gasteiger partial charge in [0.05, 0.1) is 6.10 Å². The molecule has 1 aliphatic rings. The maximum absolute atomic E-state index is 10.8. The molecule has 1 rings (SSSR count). The average Bonchev–Trinajstić information content (AvgIpc) is 1.97. The molecule has 2 nitrogen and oxygen atoms in total. The summed E-state index contributed by atoms with van der Waals surface area (Å²) < 4.78 is 0. The molecule has 2 atom stereocenters. The summed E-state index contributed by atoms with van der Waals surface area (Å²) in [7, 11) is 0. The van der Waals surface area contributed by atoms with E-state index in [1.54, 1.807) is 0 Å². The number of aldehydes is 1. The lowest BCUT2D eigenvalue weighted by Crippen LogP contribution is -2.42. The zero-order valence-corrected chi connectivity index (χ0v) is 8.13. The van der Waals surface area contributed by atoms with Gasteiger partial charge in [-0.25, -0.2) is 0 Å². The van der Waals surface area contributed by atoms with Crippen LogP contribution in [0.3, 0.4) is 0 Å². The van der Waals surface area contributed by atoms with E-state index in [0.29, 0.717) is 0 Å². The summed E-state index contributed by atoms with van der Waals surface area (Å²) in [4.78, 5) is 10.8. The highest BCUT2D eigenvalue weighted by atomic mass is 16.3. The number of hydrogen-bond acceptors (Lipinski definition) is 2. The van der Waals surface area contributed by atoms with E-state index in [1.807, 2.05) is 6.92 Å². The van der Waals surface area contributed by atoms with Gasteiger partial charge in [-0.3, -0.25) is 0 Å². The first kappa shape index (κ1) is 9.72. The standard InChI is InChI=1S/C10H18O2/c1-9(2)5-4-8(12)10(3,6-9)7-11/h7-8,12H,4-6H2,1-3H3. The molecule has 2 unspecified atom stereocenters. The van der Waals surface area contributed by atoms with E-state index < -0.39 is 11.5 Å². The van der Waals surface area contributed by atoms with E-state index in [9.17, 15) is 9.90 Å². The molecule has 0 aromatic heterocycles. The van der Waals surface area contributed by atoms with Crippen molar-refractivity contribution in [3.05, 3.63) is 0 Å². The Morgan fingerprint density at radius 1 is 1.42 bits per heavy atom. The molecule has 0 aromatic carbocycles. The topological polar surface area (TPSA) is 37.3 Å². The highest BCUT2D eigenvalue weighted by Crippen LogP contribution is 2.44. The van der Waals surface area contributed by atoms with Crippen molar-refractivity contribution in [1.82, 2.24) is 0 Å². The van der Waals surface area contributed by atoms with Gasteiger partial charge in [-0.05, 0) is 24.7 Å². The van der Waals surface area contributed by atoms with Crippen LogP contribution >= 0.6 is 0 Å². The van der Waals surface area contributed by atoms with Gasteiger partial charge in [0.25, 0.3) is 0 Å². The highest BCUT2D eigenvalue weighted by molar-refractivity contribution is 5.60. The van der Waals surface area contributed by atoms with Crippen LogP contribution < -0.4 is 0 Å². The fourth-order valence-corrected chi connectivity index (χ4v) is 2.21. The lowest BCUT2D eigenvalue weighted by molar-refractivity contribution is -0.128. The van der Waals surface area contributed by atoms with Gasteiger partial charge in [0.2, 0.25) is 0 Å². The first-order chi connectivity index (χ1) is 5.40. The zero-order chi connectivity index (χ0) is 9.41. The highest BCUT2D eigenvalue weighted by Gasteiger charge is 2.42. The molecule has 0 aliphatic heterocycles. The number of rotatable bonds is 1. The Balaban J connectivity index is 2.79. The van der Waals surface area contributed by atoms with Crippen LogP contribution in [-0.4, -0.2) is 17.5 Å². The lowest BCUT2D eigenvalue weighted by Gasteiger charge is -2.42. The fourth-order valence-electron chi connectivity index (χ4n) is 2.21. The summed E-state index contributed by atoms with van der Waals surface area (Å²) in [5.41, 5.74) is -0.309. The predicted octanol–water partition coefficient (Wildman–Crippen LogP) is 1.76. The van der Waals surface area contributed by atoms with Crippen molar-refractivity contribution >= 4 is 6.29 Å². The Kier molecular flexibility index (Phi) is 2.30. The van der Waals surface area contributed by atoms with Crippen LogP contribution in [0.1, 0.15) is 40.0 Å². The molecule has 0 amide bonds. The van der Waals surface area contributed by atoms with Gasteiger partial charge in [0, 0.05) is 5.41 Å². The summed E-state index contributed by atoms with van der Waals surface area (Å²) in [6, 6.07) is 0. The Morgan fingerprint density at radius 2 is 2.00 bits per heavy atom. The van der Waals surface area contributed by atoms with Gasteiger partial charge >= 0.3 is 0 Å². The summed E-state index contributed by atoms with van der Waals surface area (Å²) in [6.07, 6.45) is 3.03. The minimum absolute atomic E-state index is 0.203. The molecule has 0 aromatic rings. The Bertz CT molecular complexity index is 186. The predicted molar refractivity (Wildman–Crippen MR) is 47.8 cm³/mol. The van der Waals surface area contributed by atoms with Crippen molar-refractivity contribution in [1.29, 1.82) is 0 Å². The molecule has 1 N–H and O–H groups in total. The van der Waals surface area contributed by atoms with Crippen molar-refractivity contribution < 1.29 is 9.90 Å². The van der Waals surface area contributed by atoms with E-state index in [2.05, 4.69) is 13.8 Å². The van der Waals surface area contributed by atoms with Crippen molar-refractivity contribution in [2.24, 2.45) is 10.8 Å². The van der Waals surface area contributed by atoms with E-state index in [0.717, 1.165) is 25.5 Å². The van der Waals surface area contributed by atoms with E-state index in [4.69, 9.17) is 0 Å². The number of aliphatic hydroxyl groups excluding tert-OH is 1. The third-order valence-corrected chi connectivity index (χ3v) is 2.98. The van der Waals surface area contributed by atoms with Crippen LogP contribution in [0.15, 0.2) is 0 Å². The molecule has 1 saturated carbocycles. The molecule has 0 heterocycles.